The lowest BCUT2D eigenvalue weighted by molar-refractivity contribution is 0.0601. The predicted octanol–water partition coefficient (Wildman–Crippen LogP) is 6.41. The molecule has 0 aliphatic rings. The summed E-state index contributed by atoms with van der Waals surface area (Å²) < 4.78 is 4.81. The first kappa shape index (κ1) is 18.0. The van der Waals surface area contributed by atoms with E-state index in [-0.39, 0.29) is 5.97 Å². The Hall–Kier alpha value is -3.39. The van der Waals surface area contributed by atoms with Gasteiger partial charge in [0.05, 0.1) is 12.7 Å². The summed E-state index contributed by atoms with van der Waals surface area (Å²) in [6.07, 6.45) is 1.87. The van der Waals surface area contributed by atoms with Crippen LogP contribution in [-0.2, 0) is 4.74 Å². The lowest BCUT2D eigenvalue weighted by Gasteiger charge is -2.14. The molecule has 4 aromatic rings. The minimum atomic E-state index is -0.315. The third kappa shape index (κ3) is 3.29. The molecule has 2 heteroatoms. The van der Waals surface area contributed by atoms with Crippen LogP contribution in [0.5, 0.6) is 0 Å². The van der Waals surface area contributed by atoms with Crippen molar-refractivity contribution in [2.24, 2.45) is 0 Å². The van der Waals surface area contributed by atoms with Gasteiger partial charge in [-0.25, -0.2) is 4.79 Å². The van der Waals surface area contributed by atoms with Gasteiger partial charge in [-0.3, -0.25) is 0 Å². The zero-order chi connectivity index (χ0) is 19.7. The van der Waals surface area contributed by atoms with Crippen molar-refractivity contribution in [3.8, 4) is 0 Å². The Morgan fingerprint density at radius 1 is 0.750 bits per heavy atom. The molecule has 0 bridgehead atoms. The van der Waals surface area contributed by atoms with Crippen LogP contribution in [0, 0.1) is 5.92 Å². The average molecular weight is 365 g/mol. The van der Waals surface area contributed by atoms with E-state index in [1.165, 1.54) is 34.9 Å². The number of carbonyl (C=O) groups is 1. The summed E-state index contributed by atoms with van der Waals surface area (Å²) in [7, 11) is 1.40. The van der Waals surface area contributed by atoms with E-state index in [2.05, 4.69) is 68.1 Å². The number of rotatable bonds is 4. The molecular weight excluding hydrogens is 344 g/mol. The van der Waals surface area contributed by atoms with Gasteiger partial charge in [0.25, 0.3) is 0 Å². The van der Waals surface area contributed by atoms with Crippen molar-refractivity contribution in [1.29, 1.82) is 0 Å². The third-order valence-corrected chi connectivity index (χ3v) is 5.23. The van der Waals surface area contributed by atoms with Gasteiger partial charge in [-0.2, -0.15) is 0 Å². The monoisotopic (exact) mass is 365 g/mol. The molecule has 0 aliphatic heterocycles. The zero-order valence-electron chi connectivity index (χ0n) is 16.0. The summed E-state index contributed by atoms with van der Waals surface area (Å²) in [5.41, 5.74) is 4.06. The number of ether oxygens (including phenoxy) is 1. The Bertz CT molecular complexity index is 1200. The molecule has 0 aromatic heterocycles. The van der Waals surface area contributed by atoms with Crippen LogP contribution < -0.4 is 0 Å². The molecule has 0 saturated heterocycles. The summed E-state index contributed by atoms with van der Waals surface area (Å²) in [5.74, 6) is 0.901. The number of hydrogen-bond donors (Lipinski definition) is 0. The molecule has 0 atom stereocenters. The first-order chi connectivity index (χ1) is 13.6. The Labute approximate surface area is 165 Å². The molecule has 0 heterocycles. The van der Waals surface area contributed by atoms with Crippen LogP contribution in [-0.4, -0.2) is 13.1 Å². The van der Waals surface area contributed by atoms with Gasteiger partial charge in [0.15, 0.2) is 0 Å². The molecule has 0 N–H and O–H groups in total. The first-order valence-corrected chi connectivity index (χ1v) is 9.22. The Kier molecular flexibility index (Phi) is 4.70. The highest BCUT2D eigenvalue weighted by Gasteiger charge is 2.12. The molecule has 1 radical (unpaired) electrons. The number of fused-ring (bicyclic) bond motifs is 2. The van der Waals surface area contributed by atoms with E-state index in [9.17, 15) is 4.79 Å². The molecule has 0 unspecified atom stereocenters. The van der Waals surface area contributed by atoms with Gasteiger partial charge in [-0.1, -0.05) is 74.2 Å². The van der Waals surface area contributed by atoms with Crippen molar-refractivity contribution in [3.05, 3.63) is 108 Å². The van der Waals surface area contributed by atoms with Gasteiger partial charge >= 0.3 is 5.97 Å². The topological polar surface area (TPSA) is 26.3 Å². The smallest absolute Gasteiger partial charge is 0.337 e. The van der Waals surface area contributed by atoms with Crippen LogP contribution in [0.1, 0.15) is 34.0 Å². The van der Waals surface area contributed by atoms with Crippen molar-refractivity contribution in [3.63, 3.8) is 0 Å². The minimum Gasteiger partial charge on any atom is -0.465 e. The van der Waals surface area contributed by atoms with E-state index in [1.807, 2.05) is 18.2 Å². The molecule has 2 nitrogen and oxygen atoms in total. The summed E-state index contributed by atoms with van der Waals surface area (Å²) in [6, 6.07) is 24.9. The minimum absolute atomic E-state index is 0.315. The molecule has 4 aromatic carbocycles. The number of carbonyl (C=O) groups excluding carboxylic acids is 1. The Balaban J connectivity index is 1.69. The SMILES string of the molecule is C=Cc1ccc2cc([C](C)c3ccc4cc(C(=O)OC)ccc4c3)ccc2c1. The van der Waals surface area contributed by atoms with Crippen molar-refractivity contribution < 1.29 is 9.53 Å². The highest BCUT2D eigenvalue weighted by atomic mass is 16.5. The highest BCUT2D eigenvalue weighted by Crippen LogP contribution is 2.29. The lowest BCUT2D eigenvalue weighted by atomic mass is 9.90. The Morgan fingerprint density at radius 2 is 1.21 bits per heavy atom. The second-order valence-corrected chi connectivity index (χ2v) is 6.92. The molecule has 28 heavy (non-hydrogen) atoms. The highest BCUT2D eigenvalue weighted by molar-refractivity contribution is 5.95. The van der Waals surface area contributed by atoms with Crippen LogP contribution in [0.25, 0.3) is 27.6 Å². The van der Waals surface area contributed by atoms with E-state index in [0.29, 0.717) is 5.56 Å². The molecule has 4 rings (SSSR count). The zero-order valence-corrected chi connectivity index (χ0v) is 16.0. The number of benzene rings is 4. The third-order valence-electron chi connectivity index (χ3n) is 5.23. The summed E-state index contributed by atoms with van der Waals surface area (Å²) in [4.78, 5) is 11.7. The normalized spacial score (nSPS) is 11.1. The van der Waals surface area contributed by atoms with Gasteiger partial charge < -0.3 is 4.74 Å². The van der Waals surface area contributed by atoms with Crippen LogP contribution in [0.15, 0.2) is 79.4 Å². The maximum Gasteiger partial charge on any atom is 0.337 e. The second-order valence-electron chi connectivity index (χ2n) is 6.92. The van der Waals surface area contributed by atoms with E-state index in [1.54, 1.807) is 6.07 Å². The fraction of sp³-hybridized carbons (Fsp3) is 0.0769. The van der Waals surface area contributed by atoms with Crippen molar-refractivity contribution in [2.75, 3.05) is 7.11 Å². The molecule has 137 valence electrons. The predicted molar refractivity (Wildman–Crippen MR) is 116 cm³/mol. The summed E-state index contributed by atoms with van der Waals surface area (Å²) in [5, 5.41) is 4.55. The molecule has 0 amide bonds. The molecule has 0 spiro atoms. The Morgan fingerprint density at radius 3 is 1.75 bits per heavy atom. The fourth-order valence-corrected chi connectivity index (χ4v) is 3.51. The van der Waals surface area contributed by atoms with E-state index < -0.39 is 0 Å². The van der Waals surface area contributed by atoms with Gasteiger partial charge in [0.1, 0.15) is 0 Å². The van der Waals surface area contributed by atoms with Crippen LogP contribution >= 0.6 is 0 Å². The average Bonchev–Trinajstić information content (AvgIpc) is 2.76. The van der Waals surface area contributed by atoms with Crippen LogP contribution in [0.4, 0.5) is 0 Å². The summed E-state index contributed by atoms with van der Waals surface area (Å²) >= 11 is 0. The van der Waals surface area contributed by atoms with Crippen LogP contribution in [0.2, 0.25) is 0 Å². The van der Waals surface area contributed by atoms with Crippen molar-refractivity contribution in [2.45, 2.75) is 6.92 Å². The fourth-order valence-electron chi connectivity index (χ4n) is 3.51. The van der Waals surface area contributed by atoms with Crippen LogP contribution in [0.3, 0.4) is 0 Å². The number of esters is 1. The van der Waals surface area contributed by atoms with E-state index >= 15 is 0 Å². The van der Waals surface area contributed by atoms with E-state index in [0.717, 1.165) is 16.3 Å². The van der Waals surface area contributed by atoms with Crippen molar-refractivity contribution in [1.82, 2.24) is 0 Å². The standard InChI is InChI=1S/C26H21O2/c1-4-18-5-6-22-14-19(7-9-21(22)13-18)17(2)20-8-10-24-16-25(26(27)28-3)12-11-23(24)15-20/h4-16H,1H2,2-3H3. The molecule has 0 saturated carbocycles. The number of hydrogen-bond acceptors (Lipinski definition) is 2. The first-order valence-electron chi connectivity index (χ1n) is 9.22. The molecular formula is C26H21O2. The molecule has 0 aliphatic carbocycles. The summed E-state index contributed by atoms with van der Waals surface area (Å²) in [6.45, 7) is 5.98. The van der Waals surface area contributed by atoms with Gasteiger partial charge in [-0.15, -0.1) is 0 Å². The second kappa shape index (κ2) is 7.32. The number of methoxy groups -OCH3 is 1. The van der Waals surface area contributed by atoms with Gasteiger partial charge in [-0.05, 0) is 56.4 Å². The van der Waals surface area contributed by atoms with Gasteiger partial charge in [0, 0.05) is 5.92 Å². The van der Waals surface area contributed by atoms with Gasteiger partial charge in [0.2, 0.25) is 0 Å². The largest absolute Gasteiger partial charge is 0.465 e. The maximum atomic E-state index is 11.7. The molecule has 0 fully saturated rings. The quantitative estimate of drug-likeness (QED) is 0.390. The van der Waals surface area contributed by atoms with E-state index in [4.69, 9.17) is 4.74 Å². The maximum absolute atomic E-state index is 11.7. The van der Waals surface area contributed by atoms with Crippen molar-refractivity contribution >= 4 is 33.6 Å². The lowest BCUT2D eigenvalue weighted by Crippen LogP contribution is -2.01.